The van der Waals surface area contributed by atoms with Gasteiger partial charge in [-0.15, -0.1) is 11.3 Å². The molecule has 1 fully saturated rings. The van der Waals surface area contributed by atoms with E-state index >= 15 is 0 Å². The number of aryl methyl sites for hydroxylation is 2. The van der Waals surface area contributed by atoms with Gasteiger partial charge in [0.05, 0.1) is 15.8 Å². The van der Waals surface area contributed by atoms with E-state index in [0.717, 1.165) is 30.0 Å². The lowest BCUT2D eigenvalue weighted by atomic mass is 9.99. The van der Waals surface area contributed by atoms with E-state index < -0.39 is 10.0 Å². The lowest BCUT2D eigenvalue weighted by Crippen LogP contribution is -2.45. The third-order valence-electron chi connectivity index (χ3n) is 4.99. The van der Waals surface area contributed by atoms with Gasteiger partial charge in [-0.2, -0.15) is 4.31 Å². The number of unbranched alkanes of at least 4 members (excludes halogenated alkanes) is 1. The fourth-order valence-corrected chi connectivity index (χ4v) is 5.87. The molecule has 158 valence electrons. The van der Waals surface area contributed by atoms with Crippen LogP contribution in [0.4, 0.5) is 0 Å². The van der Waals surface area contributed by atoms with E-state index in [9.17, 15) is 13.2 Å². The van der Waals surface area contributed by atoms with Crippen molar-refractivity contribution in [3.05, 3.63) is 45.4 Å². The highest BCUT2D eigenvalue weighted by molar-refractivity contribution is 7.89. The molecule has 1 unspecified atom stereocenters. The first-order chi connectivity index (χ1) is 13.9. The second-order valence-electron chi connectivity index (χ2n) is 7.29. The number of nitrogens with one attached hydrogen (secondary N) is 1. The first-order valence-corrected chi connectivity index (χ1v) is 12.5. The molecule has 2 aromatic rings. The van der Waals surface area contributed by atoms with Gasteiger partial charge in [0.1, 0.15) is 0 Å². The molecule has 1 aromatic heterocycles. The van der Waals surface area contributed by atoms with E-state index in [4.69, 9.17) is 11.6 Å². The van der Waals surface area contributed by atoms with E-state index in [2.05, 4.69) is 10.3 Å². The predicted octanol–water partition coefficient (Wildman–Crippen LogP) is 3.64. The minimum absolute atomic E-state index is 0.0638. The highest BCUT2D eigenvalue weighted by Gasteiger charge is 2.33. The summed E-state index contributed by atoms with van der Waals surface area (Å²) >= 11 is 7.52. The van der Waals surface area contributed by atoms with E-state index in [1.807, 2.05) is 12.3 Å². The van der Waals surface area contributed by atoms with Gasteiger partial charge in [-0.25, -0.2) is 13.4 Å². The summed E-state index contributed by atoms with van der Waals surface area (Å²) < 4.78 is 27.1. The second-order valence-corrected chi connectivity index (χ2v) is 10.6. The van der Waals surface area contributed by atoms with Crippen molar-refractivity contribution in [2.45, 2.75) is 43.9 Å². The van der Waals surface area contributed by atoms with Crippen molar-refractivity contribution >= 4 is 38.9 Å². The highest BCUT2D eigenvalue weighted by Crippen LogP contribution is 2.25. The Hall–Kier alpha value is -1.48. The summed E-state index contributed by atoms with van der Waals surface area (Å²) in [6.07, 6.45) is 4.15. The molecule has 9 heteroatoms. The number of rotatable bonds is 8. The van der Waals surface area contributed by atoms with E-state index in [1.165, 1.54) is 16.4 Å². The number of piperidine rings is 1. The first-order valence-electron chi connectivity index (χ1n) is 9.80. The molecule has 0 saturated carbocycles. The maximum Gasteiger partial charge on any atom is 0.243 e. The smallest absolute Gasteiger partial charge is 0.243 e. The zero-order valence-electron chi connectivity index (χ0n) is 16.4. The fraction of sp³-hybridized carbons (Fsp3) is 0.500. The lowest BCUT2D eigenvalue weighted by molar-refractivity contribution is -0.126. The molecule has 1 aromatic carbocycles. The van der Waals surface area contributed by atoms with Crippen molar-refractivity contribution in [2.75, 3.05) is 19.6 Å². The van der Waals surface area contributed by atoms with E-state index in [-0.39, 0.29) is 23.3 Å². The van der Waals surface area contributed by atoms with Crippen LogP contribution in [-0.2, 0) is 21.2 Å². The normalized spacial score (nSPS) is 17.9. The van der Waals surface area contributed by atoms with Crippen LogP contribution >= 0.6 is 22.9 Å². The number of benzene rings is 1. The van der Waals surface area contributed by atoms with Gasteiger partial charge in [0.15, 0.2) is 0 Å². The molecule has 3 rings (SSSR count). The van der Waals surface area contributed by atoms with Crippen LogP contribution in [0.25, 0.3) is 0 Å². The molecule has 0 bridgehead atoms. The molecule has 1 saturated heterocycles. The summed E-state index contributed by atoms with van der Waals surface area (Å²) in [6, 6.07) is 6.14. The molecule has 0 radical (unpaired) electrons. The quantitative estimate of drug-likeness (QED) is 0.616. The summed E-state index contributed by atoms with van der Waals surface area (Å²) in [5.74, 6) is -0.376. The van der Waals surface area contributed by atoms with Gasteiger partial charge >= 0.3 is 0 Å². The van der Waals surface area contributed by atoms with Crippen molar-refractivity contribution < 1.29 is 13.2 Å². The standard InChI is InChI=1S/C20H26ClN3O3S2/c1-15-14-28-19(23-15)6-2-3-11-22-20(25)16-5-4-12-24(13-16)29(26,27)18-9-7-17(21)8-10-18/h7-10,14,16H,2-6,11-13H2,1H3,(H,22,25). The Bertz CT molecular complexity index is 929. The van der Waals surface area contributed by atoms with Crippen molar-refractivity contribution in [2.24, 2.45) is 5.92 Å². The largest absolute Gasteiger partial charge is 0.356 e. The Kier molecular flexibility index (Phi) is 7.67. The number of thiazole rings is 1. The zero-order chi connectivity index (χ0) is 20.9. The van der Waals surface area contributed by atoms with Crippen LogP contribution in [0, 0.1) is 12.8 Å². The molecule has 6 nitrogen and oxygen atoms in total. The average molecular weight is 456 g/mol. The first kappa shape index (κ1) is 22.2. The molecular formula is C20H26ClN3O3S2. The molecule has 29 heavy (non-hydrogen) atoms. The summed E-state index contributed by atoms with van der Waals surface area (Å²) in [4.78, 5) is 17.2. The number of halogens is 1. The number of amides is 1. The van der Waals surface area contributed by atoms with Crippen LogP contribution < -0.4 is 5.32 Å². The Morgan fingerprint density at radius 3 is 2.76 bits per heavy atom. The number of sulfonamides is 1. The summed E-state index contributed by atoms with van der Waals surface area (Å²) in [5.41, 5.74) is 1.05. The van der Waals surface area contributed by atoms with Crippen molar-refractivity contribution in [3.63, 3.8) is 0 Å². The topological polar surface area (TPSA) is 79.4 Å². The maximum absolute atomic E-state index is 12.8. The lowest BCUT2D eigenvalue weighted by Gasteiger charge is -2.31. The van der Waals surface area contributed by atoms with Gasteiger partial charge in [-0.1, -0.05) is 11.6 Å². The van der Waals surface area contributed by atoms with Gasteiger partial charge in [-0.05, 0) is 63.3 Å². The number of carbonyl (C=O) groups excluding carboxylic acids is 1. The summed E-state index contributed by atoms with van der Waals surface area (Å²) in [5, 5.41) is 6.63. The molecule has 1 atom stereocenters. The van der Waals surface area contributed by atoms with Crippen molar-refractivity contribution in [1.29, 1.82) is 0 Å². The van der Waals surface area contributed by atoms with E-state index in [0.29, 0.717) is 31.0 Å². The molecule has 1 amide bonds. The Morgan fingerprint density at radius 2 is 2.07 bits per heavy atom. The minimum Gasteiger partial charge on any atom is -0.356 e. The Morgan fingerprint density at radius 1 is 1.31 bits per heavy atom. The number of aromatic nitrogens is 1. The van der Waals surface area contributed by atoms with Crippen LogP contribution in [0.1, 0.15) is 36.4 Å². The molecule has 1 N–H and O–H groups in total. The molecule has 1 aliphatic heterocycles. The average Bonchev–Trinajstić information content (AvgIpc) is 3.13. The van der Waals surface area contributed by atoms with Gasteiger partial charge in [0, 0.05) is 35.7 Å². The Labute approximate surface area is 181 Å². The van der Waals surface area contributed by atoms with Gasteiger partial charge < -0.3 is 5.32 Å². The predicted molar refractivity (Wildman–Crippen MR) is 116 cm³/mol. The summed E-state index contributed by atoms with van der Waals surface area (Å²) in [7, 11) is -3.61. The van der Waals surface area contributed by atoms with Gasteiger partial charge in [-0.3, -0.25) is 4.79 Å². The van der Waals surface area contributed by atoms with Crippen molar-refractivity contribution in [3.8, 4) is 0 Å². The van der Waals surface area contributed by atoms with Crippen molar-refractivity contribution in [1.82, 2.24) is 14.6 Å². The van der Waals surface area contributed by atoms with Crippen LogP contribution in [-0.4, -0.2) is 43.2 Å². The molecule has 0 aliphatic carbocycles. The molecule has 1 aliphatic rings. The fourth-order valence-electron chi connectivity index (χ4n) is 3.41. The van der Waals surface area contributed by atoms with Crippen LogP contribution in [0.15, 0.2) is 34.5 Å². The van der Waals surface area contributed by atoms with Gasteiger partial charge in [0.2, 0.25) is 15.9 Å². The van der Waals surface area contributed by atoms with Crippen LogP contribution in [0.2, 0.25) is 5.02 Å². The number of carbonyl (C=O) groups is 1. The number of hydrogen-bond acceptors (Lipinski definition) is 5. The number of hydrogen-bond donors (Lipinski definition) is 1. The molecule has 2 heterocycles. The minimum atomic E-state index is -3.61. The monoisotopic (exact) mass is 455 g/mol. The van der Waals surface area contributed by atoms with Gasteiger partial charge in [0.25, 0.3) is 0 Å². The van der Waals surface area contributed by atoms with Crippen LogP contribution in [0.5, 0.6) is 0 Å². The Balaban J connectivity index is 1.46. The third kappa shape index (κ3) is 6.01. The second kappa shape index (κ2) is 10.0. The molecular weight excluding hydrogens is 430 g/mol. The van der Waals surface area contributed by atoms with Crippen LogP contribution in [0.3, 0.4) is 0 Å². The SMILES string of the molecule is Cc1csc(CCCCNC(=O)C2CCCN(S(=O)(=O)c3ccc(Cl)cc3)C2)n1. The third-order valence-corrected chi connectivity index (χ3v) is 8.15. The summed E-state index contributed by atoms with van der Waals surface area (Å²) in [6.45, 7) is 3.24. The highest BCUT2D eigenvalue weighted by atomic mass is 35.5. The maximum atomic E-state index is 12.8. The van der Waals surface area contributed by atoms with E-state index in [1.54, 1.807) is 23.5 Å². The number of nitrogens with zero attached hydrogens (tertiary/aromatic N) is 2. The molecule has 0 spiro atoms. The zero-order valence-corrected chi connectivity index (χ0v) is 18.8.